The number of ether oxygens (including phenoxy) is 1. The van der Waals surface area contributed by atoms with E-state index in [1.54, 1.807) is 7.11 Å². The predicted octanol–water partition coefficient (Wildman–Crippen LogP) is 2.99. The molecule has 0 heterocycles. The maximum atomic E-state index is 12.8. The lowest BCUT2D eigenvalue weighted by Crippen LogP contribution is -2.39. The lowest BCUT2D eigenvalue weighted by Gasteiger charge is -2.23. The van der Waals surface area contributed by atoms with E-state index in [1.807, 2.05) is 32.9 Å². The molecule has 2 atom stereocenters. The second-order valence-corrected chi connectivity index (χ2v) is 6.46. The average Bonchev–Trinajstić information content (AvgIpc) is 2.88. The third kappa shape index (κ3) is 2.93. The molecule has 0 amide bonds. The highest BCUT2D eigenvalue weighted by Gasteiger charge is 2.51. The molecule has 0 spiro atoms. The first-order valence-electron chi connectivity index (χ1n) is 7.66. The minimum Gasteiger partial charge on any atom is -0.480 e. The average molecular weight is 304 g/mol. The Morgan fingerprint density at radius 3 is 2.32 bits per heavy atom. The van der Waals surface area contributed by atoms with E-state index < -0.39 is 11.4 Å². The van der Waals surface area contributed by atoms with Gasteiger partial charge in [-0.2, -0.15) is 0 Å². The molecule has 2 unspecified atom stereocenters. The van der Waals surface area contributed by atoms with Crippen molar-refractivity contribution in [1.29, 1.82) is 0 Å². The number of carbonyl (C=O) groups excluding carboxylic acids is 1. The molecule has 1 aromatic carbocycles. The Labute approximate surface area is 131 Å². The molecule has 0 aromatic heterocycles. The number of methoxy groups -OCH3 is 1. The molecule has 1 N–H and O–H groups in total. The van der Waals surface area contributed by atoms with Crippen LogP contribution in [-0.4, -0.2) is 30.1 Å². The van der Waals surface area contributed by atoms with Gasteiger partial charge in [0.25, 0.3) is 0 Å². The number of aliphatic carboxylic acids is 1. The van der Waals surface area contributed by atoms with E-state index in [-0.39, 0.29) is 24.7 Å². The molecule has 1 aromatic rings. The van der Waals surface area contributed by atoms with Gasteiger partial charge in [-0.25, -0.2) is 0 Å². The van der Waals surface area contributed by atoms with Crippen LogP contribution in [0.25, 0.3) is 0 Å². The second kappa shape index (κ2) is 6.21. The maximum absolute atomic E-state index is 12.8. The number of hydrogen-bond acceptors (Lipinski definition) is 3. The van der Waals surface area contributed by atoms with E-state index in [0.717, 1.165) is 22.3 Å². The Balaban J connectivity index is 2.29. The molecular weight excluding hydrogens is 280 g/mol. The summed E-state index contributed by atoms with van der Waals surface area (Å²) in [5.41, 5.74) is 2.92. The number of Topliss-reactive ketones (excluding diaryl/α,β-unsaturated/α-hetero) is 1. The van der Waals surface area contributed by atoms with Crippen LogP contribution in [0.2, 0.25) is 0 Å². The van der Waals surface area contributed by atoms with Crippen LogP contribution < -0.4 is 0 Å². The number of rotatable bonds is 5. The monoisotopic (exact) mass is 304 g/mol. The number of carboxylic acids is 1. The Morgan fingerprint density at radius 2 is 1.86 bits per heavy atom. The summed E-state index contributed by atoms with van der Waals surface area (Å²) in [7, 11) is 1.57. The van der Waals surface area contributed by atoms with Crippen molar-refractivity contribution in [3.63, 3.8) is 0 Å². The van der Waals surface area contributed by atoms with Crippen molar-refractivity contribution >= 4 is 11.8 Å². The number of ketones is 1. The first-order chi connectivity index (χ1) is 10.3. The van der Waals surface area contributed by atoms with E-state index >= 15 is 0 Å². The van der Waals surface area contributed by atoms with Gasteiger partial charge in [-0.15, -0.1) is 0 Å². The zero-order valence-corrected chi connectivity index (χ0v) is 13.7. The molecule has 120 valence electrons. The quantitative estimate of drug-likeness (QED) is 0.849. The standard InChI is InChI=1S/C18H24O4/c1-11-7-12(2)15(13(3)8-11)9-16(19)18(17(20)21)6-5-14(10-18)22-4/h7-8,14H,5-6,9-10H2,1-4H3,(H,20,21). The van der Waals surface area contributed by atoms with Gasteiger partial charge in [-0.1, -0.05) is 17.7 Å². The molecule has 1 fully saturated rings. The summed E-state index contributed by atoms with van der Waals surface area (Å²) in [6.45, 7) is 5.97. The van der Waals surface area contributed by atoms with Crippen molar-refractivity contribution in [2.24, 2.45) is 5.41 Å². The molecule has 4 heteroatoms. The summed E-state index contributed by atoms with van der Waals surface area (Å²) >= 11 is 0. The van der Waals surface area contributed by atoms with Crippen molar-refractivity contribution in [3.8, 4) is 0 Å². The third-order valence-corrected chi connectivity index (χ3v) is 4.92. The minimum absolute atomic E-state index is 0.139. The maximum Gasteiger partial charge on any atom is 0.317 e. The minimum atomic E-state index is -1.29. The van der Waals surface area contributed by atoms with Gasteiger partial charge in [-0.05, 0) is 56.7 Å². The van der Waals surface area contributed by atoms with Gasteiger partial charge in [0.15, 0.2) is 5.78 Å². The highest BCUT2D eigenvalue weighted by molar-refractivity contribution is 6.04. The van der Waals surface area contributed by atoms with Gasteiger partial charge < -0.3 is 9.84 Å². The Kier molecular flexibility index (Phi) is 4.71. The molecular formula is C18H24O4. The number of aryl methyl sites for hydroxylation is 3. The number of hydrogen-bond donors (Lipinski definition) is 1. The Morgan fingerprint density at radius 1 is 1.27 bits per heavy atom. The molecule has 22 heavy (non-hydrogen) atoms. The van der Waals surface area contributed by atoms with Crippen LogP contribution in [0.15, 0.2) is 12.1 Å². The summed E-state index contributed by atoms with van der Waals surface area (Å²) in [6.07, 6.45) is 1.31. The van der Waals surface area contributed by atoms with E-state index in [0.29, 0.717) is 12.8 Å². The highest BCUT2D eigenvalue weighted by Crippen LogP contribution is 2.41. The van der Waals surface area contributed by atoms with Gasteiger partial charge >= 0.3 is 5.97 Å². The molecule has 1 aliphatic carbocycles. The van der Waals surface area contributed by atoms with Gasteiger partial charge in [0, 0.05) is 13.5 Å². The van der Waals surface area contributed by atoms with Crippen LogP contribution >= 0.6 is 0 Å². The highest BCUT2D eigenvalue weighted by atomic mass is 16.5. The van der Waals surface area contributed by atoms with E-state index in [4.69, 9.17) is 4.74 Å². The van der Waals surface area contributed by atoms with Crippen molar-refractivity contribution in [1.82, 2.24) is 0 Å². The first-order valence-corrected chi connectivity index (χ1v) is 7.66. The molecule has 4 nitrogen and oxygen atoms in total. The fourth-order valence-corrected chi connectivity index (χ4v) is 3.59. The topological polar surface area (TPSA) is 63.6 Å². The van der Waals surface area contributed by atoms with Crippen molar-refractivity contribution in [3.05, 3.63) is 34.4 Å². The number of carbonyl (C=O) groups is 2. The van der Waals surface area contributed by atoms with Crippen LogP contribution in [0.1, 0.15) is 41.5 Å². The van der Waals surface area contributed by atoms with Crippen molar-refractivity contribution in [2.45, 2.75) is 52.6 Å². The van der Waals surface area contributed by atoms with Crippen LogP contribution in [0.5, 0.6) is 0 Å². The Bertz CT molecular complexity index is 582. The van der Waals surface area contributed by atoms with Crippen LogP contribution in [0.4, 0.5) is 0 Å². The fourth-order valence-electron chi connectivity index (χ4n) is 3.59. The molecule has 0 aliphatic heterocycles. The lowest BCUT2D eigenvalue weighted by molar-refractivity contribution is -0.155. The molecule has 0 saturated heterocycles. The zero-order chi connectivity index (χ0) is 16.5. The fraction of sp³-hybridized carbons (Fsp3) is 0.556. The summed E-state index contributed by atoms with van der Waals surface area (Å²) in [4.78, 5) is 24.6. The normalized spacial score (nSPS) is 24.5. The molecule has 0 bridgehead atoms. The lowest BCUT2D eigenvalue weighted by atomic mass is 9.78. The van der Waals surface area contributed by atoms with E-state index in [9.17, 15) is 14.7 Å². The third-order valence-electron chi connectivity index (χ3n) is 4.92. The van der Waals surface area contributed by atoms with Crippen LogP contribution in [0, 0.1) is 26.2 Å². The predicted molar refractivity (Wildman–Crippen MR) is 84.1 cm³/mol. The van der Waals surface area contributed by atoms with Crippen molar-refractivity contribution < 1.29 is 19.4 Å². The summed E-state index contributed by atoms with van der Waals surface area (Å²) in [5.74, 6) is -1.21. The van der Waals surface area contributed by atoms with Crippen LogP contribution in [-0.2, 0) is 20.7 Å². The molecule has 1 aliphatic rings. The number of benzene rings is 1. The first kappa shape index (κ1) is 16.7. The van der Waals surface area contributed by atoms with Gasteiger partial charge in [0.2, 0.25) is 0 Å². The molecule has 1 saturated carbocycles. The zero-order valence-electron chi connectivity index (χ0n) is 13.7. The smallest absolute Gasteiger partial charge is 0.317 e. The summed E-state index contributed by atoms with van der Waals surface area (Å²) in [5, 5.41) is 9.63. The number of carboxylic acid groups (broad SMARTS) is 1. The Hall–Kier alpha value is -1.68. The SMILES string of the molecule is COC1CCC(C(=O)O)(C(=O)Cc2c(C)cc(C)cc2C)C1. The van der Waals surface area contributed by atoms with Gasteiger partial charge in [0.1, 0.15) is 5.41 Å². The van der Waals surface area contributed by atoms with Crippen LogP contribution in [0.3, 0.4) is 0 Å². The largest absolute Gasteiger partial charge is 0.480 e. The van der Waals surface area contributed by atoms with E-state index in [1.165, 1.54) is 0 Å². The van der Waals surface area contributed by atoms with Gasteiger partial charge in [-0.3, -0.25) is 9.59 Å². The second-order valence-electron chi connectivity index (χ2n) is 6.46. The van der Waals surface area contributed by atoms with E-state index in [2.05, 4.69) is 0 Å². The van der Waals surface area contributed by atoms with Gasteiger partial charge in [0.05, 0.1) is 6.10 Å². The summed E-state index contributed by atoms with van der Waals surface area (Å²) in [6, 6.07) is 4.07. The molecule has 0 radical (unpaired) electrons. The molecule has 2 rings (SSSR count). The van der Waals surface area contributed by atoms with Crippen molar-refractivity contribution in [2.75, 3.05) is 7.11 Å². The summed E-state index contributed by atoms with van der Waals surface area (Å²) < 4.78 is 5.26.